The fourth-order valence-corrected chi connectivity index (χ4v) is 3.88. The highest BCUT2D eigenvalue weighted by molar-refractivity contribution is 7.11. The largest absolute Gasteiger partial charge is 0.318 e. The Balaban J connectivity index is 1.82. The lowest BCUT2D eigenvalue weighted by Gasteiger charge is -2.22. The van der Waals surface area contributed by atoms with E-state index in [2.05, 4.69) is 18.7 Å². The fraction of sp³-hybridized carbons (Fsp3) is 0.769. The van der Waals surface area contributed by atoms with Gasteiger partial charge in [0.15, 0.2) is 0 Å². The average Bonchev–Trinajstić information content (AvgIpc) is 2.97. The van der Waals surface area contributed by atoms with Crippen LogP contribution in [0.15, 0.2) is 0 Å². The van der Waals surface area contributed by atoms with Gasteiger partial charge in [-0.15, -0.1) is 11.3 Å². The van der Waals surface area contributed by atoms with Crippen molar-refractivity contribution in [2.75, 3.05) is 13.1 Å². The monoisotopic (exact) mass is 251 g/mol. The molecule has 1 saturated carbocycles. The average molecular weight is 251 g/mol. The van der Waals surface area contributed by atoms with Gasteiger partial charge in [0, 0.05) is 24.0 Å². The first-order valence-electron chi connectivity index (χ1n) is 6.62. The highest BCUT2D eigenvalue weighted by Gasteiger charge is 2.43. The summed E-state index contributed by atoms with van der Waals surface area (Å²) in [5.41, 5.74) is 7.64. The van der Waals surface area contributed by atoms with Gasteiger partial charge in [-0.25, -0.2) is 4.98 Å². The Hall–Kier alpha value is -0.450. The van der Waals surface area contributed by atoms with Crippen molar-refractivity contribution in [1.82, 2.24) is 9.88 Å². The van der Waals surface area contributed by atoms with Crippen molar-refractivity contribution < 1.29 is 0 Å². The Morgan fingerprint density at radius 1 is 1.53 bits per heavy atom. The van der Waals surface area contributed by atoms with Crippen LogP contribution in [0.3, 0.4) is 0 Å². The molecule has 17 heavy (non-hydrogen) atoms. The number of hydrogen-bond donors (Lipinski definition) is 1. The Morgan fingerprint density at radius 2 is 2.29 bits per heavy atom. The minimum absolute atomic E-state index is 0.175. The molecule has 2 N–H and O–H groups in total. The van der Waals surface area contributed by atoms with Crippen LogP contribution in [0.4, 0.5) is 0 Å². The third-order valence-electron chi connectivity index (χ3n) is 4.05. The third kappa shape index (κ3) is 2.02. The van der Waals surface area contributed by atoms with Gasteiger partial charge in [0.1, 0.15) is 5.01 Å². The number of nitrogens with two attached hydrogens (primary N) is 1. The van der Waals surface area contributed by atoms with Gasteiger partial charge in [0.2, 0.25) is 0 Å². The van der Waals surface area contributed by atoms with Crippen LogP contribution < -0.4 is 5.73 Å². The molecule has 2 heterocycles. The topological polar surface area (TPSA) is 42.1 Å². The van der Waals surface area contributed by atoms with Crippen molar-refractivity contribution in [3.8, 4) is 0 Å². The molecular weight excluding hydrogens is 230 g/mol. The number of thiazole rings is 1. The van der Waals surface area contributed by atoms with E-state index in [0.29, 0.717) is 0 Å². The van der Waals surface area contributed by atoms with Gasteiger partial charge in [-0.05, 0) is 32.6 Å². The summed E-state index contributed by atoms with van der Waals surface area (Å²) in [4.78, 5) is 8.67. The Bertz CT molecular complexity index is 424. The summed E-state index contributed by atoms with van der Waals surface area (Å²) in [5.74, 6) is 0. The zero-order chi connectivity index (χ0) is 12.0. The van der Waals surface area contributed by atoms with Gasteiger partial charge in [0.25, 0.3) is 0 Å². The molecule has 3 nitrogen and oxygen atoms in total. The second kappa shape index (κ2) is 4.04. The molecule has 1 atom stereocenters. The van der Waals surface area contributed by atoms with E-state index >= 15 is 0 Å². The van der Waals surface area contributed by atoms with E-state index in [1.807, 2.05) is 0 Å². The predicted octanol–water partition coefficient (Wildman–Crippen LogP) is 2.04. The van der Waals surface area contributed by atoms with Gasteiger partial charge < -0.3 is 5.73 Å². The van der Waals surface area contributed by atoms with Gasteiger partial charge in [0.05, 0.1) is 11.2 Å². The molecule has 0 amide bonds. The van der Waals surface area contributed by atoms with Crippen LogP contribution in [0.5, 0.6) is 0 Å². The first-order chi connectivity index (χ1) is 8.12. The highest BCUT2D eigenvalue weighted by atomic mass is 32.1. The lowest BCUT2D eigenvalue weighted by molar-refractivity contribution is 0.302. The molecule has 0 spiro atoms. The fourth-order valence-electron chi connectivity index (χ4n) is 2.76. The number of aromatic nitrogens is 1. The number of hydrogen-bond acceptors (Lipinski definition) is 4. The van der Waals surface area contributed by atoms with Crippen molar-refractivity contribution in [3.05, 3.63) is 15.6 Å². The zero-order valence-electron chi connectivity index (χ0n) is 10.7. The molecule has 2 aliphatic rings. The quantitative estimate of drug-likeness (QED) is 0.894. The summed E-state index contributed by atoms with van der Waals surface area (Å²) in [6.07, 6.45) is 4.82. The van der Waals surface area contributed by atoms with E-state index in [-0.39, 0.29) is 5.54 Å². The Labute approximate surface area is 107 Å². The Kier molecular flexibility index (Phi) is 2.76. The van der Waals surface area contributed by atoms with Crippen LogP contribution in [-0.4, -0.2) is 29.0 Å². The van der Waals surface area contributed by atoms with E-state index in [9.17, 15) is 0 Å². The van der Waals surface area contributed by atoms with Gasteiger partial charge in [-0.1, -0.05) is 6.92 Å². The first-order valence-corrected chi connectivity index (χ1v) is 7.44. The van der Waals surface area contributed by atoms with Crippen LogP contribution >= 0.6 is 11.3 Å². The maximum absolute atomic E-state index is 6.58. The van der Waals surface area contributed by atoms with Crippen molar-refractivity contribution in [2.24, 2.45) is 5.73 Å². The van der Waals surface area contributed by atoms with Crippen LogP contribution in [0.2, 0.25) is 0 Å². The summed E-state index contributed by atoms with van der Waals surface area (Å²) >= 11 is 1.81. The van der Waals surface area contributed by atoms with E-state index in [4.69, 9.17) is 10.7 Å². The number of aryl methyl sites for hydroxylation is 2. The molecule has 0 radical (unpaired) electrons. The highest BCUT2D eigenvalue weighted by Crippen LogP contribution is 2.38. The van der Waals surface area contributed by atoms with Gasteiger partial charge >= 0.3 is 0 Å². The minimum atomic E-state index is -0.175. The first kappa shape index (κ1) is 11.6. The molecule has 0 aromatic carbocycles. The molecule has 2 fully saturated rings. The molecule has 1 aliphatic heterocycles. The predicted molar refractivity (Wildman–Crippen MR) is 71.3 cm³/mol. The normalized spacial score (nSPS) is 30.1. The molecule has 94 valence electrons. The molecule has 0 bridgehead atoms. The van der Waals surface area contributed by atoms with E-state index in [1.165, 1.54) is 23.4 Å². The number of nitrogens with zero attached hydrogens (tertiary/aromatic N) is 2. The zero-order valence-corrected chi connectivity index (χ0v) is 11.5. The van der Waals surface area contributed by atoms with Crippen LogP contribution in [-0.2, 0) is 12.0 Å². The molecule has 1 aromatic rings. The van der Waals surface area contributed by atoms with E-state index in [1.54, 1.807) is 11.3 Å². The summed E-state index contributed by atoms with van der Waals surface area (Å²) < 4.78 is 0. The van der Waals surface area contributed by atoms with Crippen LogP contribution in [0, 0.1) is 6.92 Å². The molecule has 1 aromatic heterocycles. The third-order valence-corrected chi connectivity index (χ3v) is 5.28. The maximum Gasteiger partial charge on any atom is 0.114 e. The Morgan fingerprint density at radius 3 is 2.88 bits per heavy atom. The van der Waals surface area contributed by atoms with Crippen molar-refractivity contribution in [3.63, 3.8) is 0 Å². The summed E-state index contributed by atoms with van der Waals surface area (Å²) in [7, 11) is 0. The smallest absolute Gasteiger partial charge is 0.114 e. The van der Waals surface area contributed by atoms with Crippen LogP contribution in [0.25, 0.3) is 0 Å². The molecule has 4 heteroatoms. The van der Waals surface area contributed by atoms with Crippen molar-refractivity contribution in [1.29, 1.82) is 0 Å². The summed E-state index contributed by atoms with van der Waals surface area (Å²) in [6.45, 7) is 6.49. The molecule has 1 saturated heterocycles. The lowest BCUT2D eigenvalue weighted by Crippen LogP contribution is -2.40. The minimum Gasteiger partial charge on any atom is -0.318 e. The van der Waals surface area contributed by atoms with Crippen molar-refractivity contribution in [2.45, 2.75) is 51.1 Å². The standard InChI is InChI=1S/C13H21N3S/c1-3-11-9(2)17-12(15-11)13(14)6-7-16(8-13)10-4-5-10/h10H,3-8,14H2,1-2H3. The van der Waals surface area contributed by atoms with E-state index < -0.39 is 0 Å². The maximum atomic E-state index is 6.58. The molecule has 3 rings (SSSR count). The van der Waals surface area contributed by atoms with Gasteiger partial charge in [-0.2, -0.15) is 0 Å². The second-order valence-corrected chi connectivity index (χ2v) is 6.69. The summed E-state index contributed by atoms with van der Waals surface area (Å²) in [6, 6.07) is 0.826. The van der Waals surface area contributed by atoms with E-state index in [0.717, 1.165) is 37.0 Å². The second-order valence-electron chi connectivity index (χ2n) is 5.48. The number of rotatable bonds is 3. The van der Waals surface area contributed by atoms with Gasteiger partial charge in [-0.3, -0.25) is 4.90 Å². The molecule has 1 unspecified atom stereocenters. The SMILES string of the molecule is CCc1nc(C2(N)CCN(C3CC3)C2)sc1C. The lowest BCUT2D eigenvalue weighted by atomic mass is 10.0. The summed E-state index contributed by atoms with van der Waals surface area (Å²) in [5, 5.41) is 1.16. The van der Waals surface area contributed by atoms with Crippen LogP contribution in [0.1, 0.15) is 41.8 Å². The van der Waals surface area contributed by atoms with Crippen molar-refractivity contribution >= 4 is 11.3 Å². The number of likely N-dealkylation sites (tertiary alicyclic amines) is 1. The molecule has 1 aliphatic carbocycles. The molecular formula is C13H21N3S.